The molecule has 0 aliphatic rings. The number of hydrazone groups is 1. The van der Waals surface area contributed by atoms with Crippen molar-refractivity contribution in [2.75, 3.05) is 40.3 Å². The smallest absolute Gasteiger partial charge is 0.343 e. The van der Waals surface area contributed by atoms with Crippen LogP contribution in [0.1, 0.15) is 31.8 Å². The second-order valence-electron chi connectivity index (χ2n) is 9.90. The molecule has 11 heteroatoms. The Kier molecular flexibility index (Phi) is 11.1. The Morgan fingerprint density at radius 2 is 1.37 bits per heavy atom. The van der Waals surface area contributed by atoms with Crippen LogP contribution in [0.2, 0.25) is 0 Å². The largest absolute Gasteiger partial charge is 0.493 e. The van der Waals surface area contributed by atoms with Crippen molar-refractivity contribution in [1.29, 1.82) is 0 Å². The SMILES string of the molecule is COc1cc(C(=O)Oc2ccccc2C=NNC(=O)C(=Cc2ccc(N(C)C)cc2)NC(=O)c2ccccc2)cc(OC)c1OC. The Morgan fingerprint density at radius 3 is 1.98 bits per heavy atom. The van der Waals surface area contributed by atoms with Crippen LogP contribution in [0.4, 0.5) is 5.69 Å². The second kappa shape index (κ2) is 15.6. The molecule has 0 fully saturated rings. The third kappa shape index (κ3) is 8.29. The van der Waals surface area contributed by atoms with E-state index in [1.165, 1.54) is 39.7 Å². The minimum absolute atomic E-state index is 0.0225. The van der Waals surface area contributed by atoms with Gasteiger partial charge in [0.15, 0.2) is 11.5 Å². The molecule has 4 rings (SSSR count). The lowest BCUT2D eigenvalue weighted by atomic mass is 10.1. The molecule has 4 aromatic carbocycles. The molecule has 2 N–H and O–H groups in total. The number of amides is 2. The quantitative estimate of drug-likeness (QED) is 0.0750. The number of nitrogens with zero attached hydrogens (tertiary/aromatic N) is 2. The van der Waals surface area contributed by atoms with E-state index < -0.39 is 17.8 Å². The number of ether oxygens (including phenoxy) is 4. The number of carbonyl (C=O) groups excluding carboxylic acids is 3. The molecule has 0 spiro atoms. The second-order valence-corrected chi connectivity index (χ2v) is 9.90. The zero-order valence-electron chi connectivity index (χ0n) is 26.1. The summed E-state index contributed by atoms with van der Waals surface area (Å²) < 4.78 is 21.6. The summed E-state index contributed by atoms with van der Waals surface area (Å²) in [5.41, 5.74) is 5.04. The maximum Gasteiger partial charge on any atom is 0.343 e. The molecule has 0 radical (unpaired) electrons. The summed E-state index contributed by atoms with van der Waals surface area (Å²) in [6, 6.07) is 25.6. The van der Waals surface area contributed by atoms with Crippen molar-refractivity contribution in [1.82, 2.24) is 10.7 Å². The molecule has 11 nitrogen and oxygen atoms in total. The van der Waals surface area contributed by atoms with Crippen LogP contribution < -0.4 is 34.6 Å². The molecule has 0 saturated carbocycles. The first-order chi connectivity index (χ1) is 22.2. The number of hydrogen-bond acceptors (Lipinski definition) is 9. The van der Waals surface area contributed by atoms with E-state index >= 15 is 0 Å². The van der Waals surface area contributed by atoms with Gasteiger partial charge >= 0.3 is 5.97 Å². The number of anilines is 1. The van der Waals surface area contributed by atoms with Crippen LogP contribution >= 0.6 is 0 Å². The monoisotopic (exact) mass is 622 g/mol. The summed E-state index contributed by atoms with van der Waals surface area (Å²) in [7, 11) is 8.20. The molecule has 0 heterocycles. The summed E-state index contributed by atoms with van der Waals surface area (Å²) in [6.07, 6.45) is 2.89. The summed E-state index contributed by atoms with van der Waals surface area (Å²) in [6.45, 7) is 0. The Labute approximate surface area is 267 Å². The number of methoxy groups -OCH3 is 3. The van der Waals surface area contributed by atoms with E-state index in [0.717, 1.165) is 5.69 Å². The number of nitrogens with one attached hydrogen (secondary N) is 2. The summed E-state index contributed by atoms with van der Waals surface area (Å²) in [5, 5.41) is 6.75. The molecular formula is C35H34N4O7. The Hall–Kier alpha value is -6.10. The zero-order valence-corrected chi connectivity index (χ0v) is 26.1. The molecule has 2 amide bonds. The number of esters is 1. The number of para-hydroxylation sites is 1. The lowest BCUT2D eigenvalue weighted by Gasteiger charge is -2.14. The molecule has 236 valence electrons. The molecular weight excluding hydrogens is 588 g/mol. The maximum absolute atomic E-state index is 13.3. The van der Waals surface area contributed by atoms with E-state index in [2.05, 4.69) is 15.8 Å². The van der Waals surface area contributed by atoms with Gasteiger partial charge in [0.25, 0.3) is 11.8 Å². The van der Waals surface area contributed by atoms with Crippen molar-refractivity contribution < 1.29 is 33.3 Å². The van der Waals surface area contributed by atoms with Gasteiger partial charge in [-0.15, -0.1) is 0 Å². The minimum Gasteiger partial charge on any atom is -0.493 e. The zero-order chi connectivity index (χ0) is 33.1. The fraction of sp³-hybridized carbons (Fsp3) is 0.143. The molecule has 0 bridgehead atoms. The first-order valence-corrected chi connectivity index (χ1v) is 14.0. The van der Waals surface area contributed by atoms with Gasteiger partial charge in [0.05, 0.1) is 33.1 Å². The number of rotatable bonds is 12. The van der Waals surface area contributed by atoms with Gasteiger partial charge in [0.1, 0.15) is 11.4 Å². The average Bonchev–Trinajstić information content (AvgIpc) is 3.08. The van der Waals surface area contributed by atoms with E-state index in [1.54, 1.807) is 60.7 Å². The highest BCUT2D eigenvalue weighted by atomic mass is 16.5. The number of benzene rings is 4. The predicted octanol–water partition coefficient (Wildman–Crippen LogP) is 4.92. The third-order valence-electron chi connectivity index (χ3n) is 6.64. The van der Waals surface area contributed by atoms with Gasteiger partial charge < -0.3 is 29.2 Å². The van der Waals surface area contributed by atoms with Gasteiger partial charge in [0.2, 0.25) is 5.75 Å². The van der Waals surface area contributed by atoms with Crippen LogP contribution in [-0.2, 0) is 4.79 Å². The van der Waals surface area contributed by atoms with Crippen molar-refractivity contribution in [3.8, 4) is 23.0 Å². The Bertz CT molecular complexity index is 1730. The van der Waals surface area contributed by atoms with Crippen LogP contribution in [-0.4, -0.2) is 59.4 Å². The minimum atomic E-state index is -0.682. The van der Waals surface area contributed by atoms with Crippen molar-refractivity contribution >= 4 is 35.8 Å². The van der Waals surface area contributed by atoms with E-state index in [9.17, 15) is 14.4 Å². The van der Waals surface area contributed by atoms with Gasteiger partial charge in [-0.3, -0.25) is 9.59 Å². The standard InChI is InChI=1S/C35H34N4O7/c1-39(2)27-17-15-23(16-18-27)19-28(37-33(40)24-11-7-6-8-12-24)34(41)38-36-22-25-13-9-10-14-29(25)46-35(42)26-20-30(43-3)32(45-5)31(21-26)44-4/h6-22H,1-5H3,(H,37,40)(H,38,41). The summed E-state index contributed by atoms with van der Waals surface area (Å²) in [4.78, 5) is 41.2. The Morgan fingerprint density at radius 1 is 0.739 bits per heavy atom. The van der Waals surface area contributed by atoms with Gasteiger partial charge in [-0.2, -0.15) is 5.10 Å². The lowest BCUT2D eigenvalue weighted by molar-refractivity contribution is -0.117. The first kappa shape index (κ1) is 32.8. The fourth-order valence-electron chi connectivity index (χ4n) is 4.24. The van der Waals surface area contributed by atoms with Crippen molar-refractivity contribution in [2.24, 2.45) is 5.10 Å². The van der Waals surface area contributed by atoms with E-state index in [1.807, 2.05) is 43.3 Å². The third-order valence-corrected chi connectivity index (χ3v) is 6.64. The molecule has 0 saturated heterocycles. The summed E-state index contributed by atoms with van der Waals surface area (Å²) in [5.74, 6) is -0.689. The predicted molar refractivity (Wildman–Crippen MR) is 176 cm³/mol. The van der Waals surface area contributed by atoms with Crippen LogP contribution in [0.25, 0.3) is 6.08 Å². The topological polar surface area (TPSA) is 128 Å². The van der Waals surface area contributed by atoms with Crippen LogP contribution in [0.15, 0.2) is 102 Å². The molecule has 46 heavy (non-hydrogen) atoms. The van der Waals surface area contributed by atoms with E-state index in [-0.39, 0.29) is 17.0 Å². The highest BCUT2D eigenvalue weighted by Gasteiger charge is 2.19. The summed E-state index contributed by atoms with van der Waals surface area (Å²) >= 11 is 0. The van der Waals surface area contributed by atoms with Gasteiger partial charge in [-0.1, -0.05) is 42.5 Å². The maximum atomic E-state index is 13.3. The van der Waals surface area contributed by atoms with Gasteiger partial charge in [0, 0.05) is 30.9 Å². The van der Waals surface area contributed by atoms with Crippen LogP contribution in [0, 0.1) is 0 Å². The van der Waals surface area contributed by atoms with E-state index in [0.29, 0.717) is 33.9 Å². The normalized spacial score (nSPS) is 11.0. The van der Waals surface area contributed by atoms with Gasteiger partial charge in [-0.05, 0) is 60.2 Å². The first-order valence-electron chi connectivity index (χ1n) is 14.0. The van der Waals surface area contributed by atoms with Crippen LogP contribution in [0.5, 0.6) is 23.0 Å². The van der Waals surface area contributed by atoms with Crippen LogP contribution in [0.3, 0.4) is 0 Å². The number of hydrogen-bond donors (Lipinski definition) is 2. The van der Waals surface area contributed by atoms with Crippen molar-refractivity contribution in [3.05, 3.63) is 119 Å². The molecule has 0 atom stereocenters. The lowest BCUT2D eigenvalue weighted by Crippen LogP contribution is -2.32. The van der Waals surface area contributed by atoms with Crippen molar-refractivity contribution in [2.45, 2.75) is 0 Å². The van der Waals surface area contributed by atoms with E-state index in [4.69, 9.17) is 18.9 Å². The molecule has 0 aromatic heterocycles. The Balaban J connectivity index is 1.54. The average molecular weight is 623 g/mol. The molecule has 4 aromatic rings. The fourth-order valence-corrected chi connectivity index (χ4v) is 4.24. The molecule has 0 aliphatic heterocycles. The molecule has 0 aliphatic carbocycles. The highest BCUT2D eigenvalue weighted by Crippen LogP contribution is 2.38. The van der Waals surface area contributed by atoms with Gasteiger partial charge in [-0.25, -0.2) is 10.2 Å². The highest BCUT2D eigenvalue weighted by molar-refractivity contribution is 6.05. The molecule has 0 unspecified atom stereocenters. The van der Waals surface area contributed by atoms with Crippen molar-refractivity contribution in [3.63, 3.8) is 0 Å². The number of carbonyl (C=O) groups is 3.